The maximum atomic E-state index is 13.6. The molecule has 3 aliphatic rings. The summed E-state index contributed by atoms with van der Waals surface area (Å²) in [5.74, 6) is 9.35. The Bertz CT molecular complexity index is 2090. The summed E-state index contributed by atoms with van der Waals surface area (Å²) >= 11 is 1.86. The lowest BCUT2D eigenvalue weighted by Crippen LogP contribution is -2.43. The average molecular weight is 733 g/mol. The highest BCUT2D eigenvalue weighted by molar-refractivity contribution is 8.08. The van der Waals surface area contributed by atoms with Crippen LogP contribution in [0.3, 0.4) is 0 Å². The molecule has 2 amide bonds. The Balaban J connectivity index is 1.03. The summed E-state index contributed by atoms with van der Waals surface area (Å²) in [4.78, 5) is 59.4. The number of amides is 2. The molecule has 1 spiro atoms. The van der Waals surface area contributed by atoms with Gasteiger partial charge in [0.25, 0.3) is 0 Å². The first-order chi connectivity index (χ1) is 25.2. The van der Waals surface area contributed by atoms with Gasteiger partial charge in [0, 0.05) is 41.5 Å². The maximum absolute atomic E-state index is 13.6. The Kier molecular flexibility index (Phi) is 9.86. The number of rotatable bonds is 9. The lowest BCUT2D eigenvalue weighted by atomic mass is 9.79. The zero-order valence-corrected chi connectivity index (χ0v) is 33.0. The minimum Gasteiger partial charge on any atom is -0.341 e. The van der Waals surface area contributed by atoms with E-state index in [0.29, 0.717) is 30.6 Å². The molecule has 3 fully saturated rings. The molecule has 53 heavy (non-hydrogen) atoms. The number of thioether (sulfide) groups is 1. The number of fused-ring (bicyclic) bond motifs is 1. The lowest BCUT2D eigenvalue weighted by molar-refractivity contribution is -0.144. The molecule has 3 saturated heterocycles. The lowest BCUT2D eigenvalue weighted by Gasteiger charge is -2.35. The Morgan fingerprint density at radius 2 is 1.72 bits per heavy atom. The number of carbonyl (C=O) groups excluding carboxylic acids is 3. The third-order valence-corrected chi connectivity index (χ3v) is 14.2. The second-order valence-corrected chi connectivity index (χ2v) is 18.1. The van der Waals surface area contributed by atoms with Gasteiger partial charge in [-0.25, -0.2) is 9.97 Å². The minimum atomic E-state index is -0.542. The number of aromatic nitrogens is 4. The molecule has 4 aromatic rings. The zero-order chi connectivity index (χ0) is 37.8. The highest BCUT2D eigenvalue weighted by atomic mass is 32.2. The van der Waals surface area contributed by atoms with Crippen LogP contribution in [-0.2, 0) is 14.4 Å². The molecule has 6 unspecified atom stereocenters. The highest BCUT2D eigenvalue weighted by Gasteiger charge is 2.65. The molecule has 6 atom stereocenters. The van der Waals surface area contributed by atoms with Crippen LogP contribution in [0.25, 0.3) is 22.3 Å². The molecule has 0 bridgehead atoms. The first-order valence-electron chi connectivity index (χ1n) is 19.2. The van der Waals surface area contributed by atoms with Gasteiger partial charge in [0.05, 0.1) is 34.2 Å². The van der Waals surface area contributed by atoms with E-state index in [9.17, 15) is 14.4 Å². The fraction of sp³-hybridized carbons (Fsp3) is 0.512. The van der Waals surface area contributed by atoms with E-state index in [1.54, 1.807) is 6.20 Å². The van der Waals surface area contributed by atoms with E-state index in [4.69, 9.17) is 4.98 Å². The SMILES string of the molecule is CC(C)C(C)C(C)C(=O)N1CCCC12SC2c1nc2ccc(C#Cc3ccc(-c4cnc(C5CC(C=O)CN5C(=O)C(C)(C)C(C)C)[nH]4)cc3)cc2[nH]1. The Hall–Kier alpha value is -4.36. The molecule has 2 aromatic heterocycles. The van der Waals surface area contributed by atoms with Crippen LogP contribution in [0.15, 0.2) is 48.7 Å². The van der Waals surface area contributed by atoms with E-state index in [1.165, 1.54) is 0 Å². The molecule has 10 heteroatoms. The summed E-state index contributed by atoms with van der Waals surface area (Å²) in [6.45, 7) is 18.0. The van der Waals surface area contributed by atoms with Crippen molar-refractivity contribution in [3.05, 3.63) is 71.4 Å². The Morgan fingerprint density at radius 1 is 1.00 bits per heavy atom. The monoisotopic (exact) mass is 732 g/mol. The average Bonchev–Trinajstić information content (AvgIpc) is 3.68. The van der Waals surface area contributed by atoms with E-state index in [2.05, 4.69) is 79.3 Å². The second-order valence-electron chi connectivity index (χ2n) is 16.7. The van der Waals surface area contributed by atoms with E-state index >= 15 is 0 Å². The molecular weight excluding hydrogens is 681 g/mol. The van der Waals surface area contributed by atoms with Crippen molar-refractivity contribution in [2.75, 3.05) is 13.1 Å². The van der Waals surface area contributed by atoms with Gasteiger partial charge in [0.2, 0.25) is 11.8 Å². The minimum absolute atomic E-state index is 0.00460. The van der Waals surface area contributed by atoms with Gasteiger partial charge in [0.1, 0.15) is 22.8 Å². The first-order valence-corrected chi connectivity index (χ1v) is 20.0. The molecule has 9 nitrogen and oxygen atoms in total. The van der Waals surface area contributed by atoms with E-state index < -0.39 is 5.41 Å². The summed E-state index contributed by atoms with van der Waals surface area (Å²) in [5, 5.41) is 0.159. The maximum Gasteiger partial charge on any atom is 0.229 e. The van der Waals surface area contributed by atoms with Crippen LogP contribution >= 0.6 is 11.8 Å². The predicted octanol–water partition coefficient (Wildman–Crippen LogP) is 8.16. The predicted molar refractivity (Wildman–Crippen MR) is 211 cm³/mol. The molecular formula is C43H52N6O3S. The number of nitrogens with zero attached hydrogens (tertiary/aromatic N) is 4. The van der Waals surface area contributed by atoms with Crippen molar-refractivity contribution >= 4 is 40.9 Å². The number of carbonyl (C=O) groups is 3. The number of H-pyrrole nitrogens is 2. The van der Waals surface area contributed by atoms with Gasteiger partial charge >= 0.3 is 0 Å². The van der Waals surface area contributed by atoms with Crippen molar-refractivity contribution < 1.29 is 14.4 Å². The van der Waals surface area contributed by atoms with Crippen molar-refractivity contribution in [3.8, 4) is 23.1 Å². The normalized spacial score (nSPS) is 23.8. The van der Waals surface area contributed by atoms with Crippen LogP contribution in [0, 0.1) is 46.8 Å². The van der Waals surface area contributed by atoms with Gasteiger partial charge in [-0.1, -0.05) is 79.4 Å². The van der Waals surface area contributed by atoms with Crippen molar-refractivity contribution in [1.82, 2.24) is 29.7 Å². The number of likely N-dealkylation sites (tertiary alicyclic amines) is 2. The third-order valence-electron chi connectivity index (χ3n) is 12.5. The van der Waals surface area contributed by atoms with E-state index in [0.717, 1.165) is 64.9 Å². The number of aldehydes is 1. The summed E-state index contributed by atoms with van der Waals surface area (Å²) in [6, 6.07) is 13.8. The molecule has 2 N–H and O–H groups in total. The second kappa shape index (κ2) is 14.1. The van der Waals surface area contributed by atoms with Gasteiger partial charge in [-0.05, 0) is 72.9 Å². The summed E-state index contributed by atoms with van der Waals surface area (Å²) in [7, 11) is 0. The van der Waals surface area contributed by atoms with Crippen LogP contribution in [-0.4, -0.2) is 65.8 Å². The molecule has 2 aromatic carbocycles. The highest BCUT2D eigenvalue weighted by Crippen LogP contribution is 2.70. The number of hydrogen-bond acceptors (Lipinski definition) is 6. The fourth-order valence-corrected chi connectivity index (χ4v) is 9.31. The van der Waals surface area contributed by atoms with E-state index in [1.807, 2.05) is 66.9 Å². The number of hydrogen-bond donors (Lipinski definition) is 2. The third kappa shape index (κ3) is 6.82. The smallest absolute Gasteiger partial charge is 0.229 e. The topological polar surface area (TPSA) is 115 Å². The van der Waals surface area contributed by atoms with Gasteiger partial charge in [0.15, 0.2) is 0 Å². The summed E-state index contributed by atoms with van der Waals surface area (Å²) in [5.41, 5.74) is 4.92. The van der Waals surface area contributed by atoms with Crippen LogP contribution < -0.4 is 0 Å². The molecule has 0 aliphatic carbocycles. The molecule has 278 valence electrons. The van der Waals surface area contributed by atoms with Gasteiger partial charge < -0.3 is 24.6 Å². The van der Waals surface area contributed by atoms with E-state index in [-0.39, 0.29) is 45.7 Å². The molecule has 3 aliphatic heterocycles. The number of aromatic amines is 2. The molecule has 0 saturated carbocycles. The van der Waals surface area contributed by atoms with Gasteiger partial charge in [-0.15, -0.1) is 11.8 Å². The van der Waals surface area contributed by atoms with Gasteiger partial charge in [-0.3, -0.25) is 9.59 Å². The summed E-state index contributed by atoms with van der Waals surface area (Å²) < 4.78 is 0. The molecule has 7 rings (SSSR count). The standard InChI is InChI=1S/C43H52N6O3S/c1-25(2)27(5)28(6)40(51)49-19-9-18-43(49)37(53-43)39-45-33-17-14-30(20-34(33)46-39)11-10-29-12-15-32(16-13-29)35-22-44-38(47-35)36-21-31(24-50)23-48(36)41(52)42(7,8)26(3)4/h12-17,20,22,24-28,31,36-37H,9,18-19,21,23H2,1-8H3,(H,44,47)(H,45,46). The Morgan fingerprint density at radius 3 is 2.42 bits per heavy atom. The van der Waals surface area contributed by atoms with Crippen LogP contribution in [0.5, 0.6) is 0 Å². The number of nitrogens with one attached hydrogen (secondary N) is 2. The Labute approximate surface area is 317 Å². The van der Waals surface area contributed by atoms with Crippen LogP contribution in [0.1, 0.15) is 109 Å². The van der Waals surface area contributed by atoms with Crippen LogP contribution in [0.4, 0.5) is 0 Å². The van der Waals surface area contributed by atoms with Crippen LogP contribution in [0.2, 0.25) is 0 Å². The van der Waals surface area contributed by atoms with Crippen molar-refractivity contribution in [2.45, 2.75) is 90.8 Å². The molecule has 5 heterocycles. The van der Waals surface area contributed by atoms with Crippen molar-refractivity contribution in [2.24, 2.45) is 35.0 Å². The first kappa shape index (κ1) is 37.0. The van der Waals surface area contributed by atoms with Gasteiger partial charge in [-0.2, -0.15) is 0 Å². The molecule has 0 radical (unpaired) electrons. The summed E-state index contributed by atoms with van der Waals surface area (Å²) in [6.07, 6.45) is 5.36. The number of imidazole rings is 2. The van der Waals surface area contributed by atoms with Crippen molar-refractivity contribution in [1.29, 1.82) is 0 Å². The van der Waals surface area contributed by atoms with Crippen molar-refractivity contribution in [3.63, 3.8) is 0 Å². The zero-order valence-electron chi connectivity index (χ0n) is 32.2. The fourth-order valence-electron chi connectivity index (χ4n) is 7.82. The quantitative estimate of drug-likeness (QED) is 0.102. The largest absolute Gasteiger partial charge is 0.341 e. The number of benzene rings is 2.